The molecule has 0 atom stereocenters. The van der Waals surface area contributed by atoms with Crippen molar-refractivity contribution in [1.82, 2.24) is 0 Å². The lowest BCUT2D eigenvalue weighted by Gasteiger charge is -2.13. The van der Waals surface area contributed by atoms with Gasteiger partial charge in [-0.3, -0.25) is 0 Å². The van der Waals surface area contributed by atoms with E-state index < -0.39 is 16.0 Å². The molecule has 0 saturated carbocycles. The second-order valence-electron chi connectivity index (χ2n) is 4.01. The molecule has 0 fully saturated rings. The normalized spacial score (nSPS) is 11.9. The highest BCUT2D eigenvalue weighted by Gasteiger charge is 2.12. The Hall–Kier alpha value is -1.77. The van der Waals surface area contributed by atoms with Crippen LogP contribution in [0.3, 0.4) is 0 Å². The molecular weight excluding hydrogens is 332 g/mol. The first-order valence-electron chi connectivity index (χ1n) is 6.38. The summed E-state index contributed by atoms with van der Waals surface area (Å²) in [7, 11) is -3.84. The van der Waals surface area contributed by atoms with E-state index in [4.69, 9.17) is 26.2 Å². The number of benzene rings is 1. The topological polar surface area (TPSA) is 108 Å². The molecule has 0 saturated heterocycles. The van der Waals surface area contributed by atoms with E-state index in [-0.39, 0.29) is 22.4 Å². The third-order valence-electron chi connectivity index (χ3n) is 2.36. The van der Waals surface area contributed by atoms with Gasteiger partial charge in [0.15, 0.2) is 5.88 Å². The Labute approximate surface area is 134 Å². The van der Waals surface area contributed by atoms with E-state index in [9.17, 15) is 13.2 Å². The molecule has 0 spiro atoms. The van der Waals surface area contributed by atoms with Crippen molar-refractivity contribution in [1.29, 1.82) is 0 Å². The first-order valence-corrected chi connectivity index (χ1v) is 8.31. The lowest BCUT2D eigenvalue weighted by molar-refractivity contribution is -0.137. The van der Waals surface area contributed by atoms with Crippen LogP contribution in [0.15, 0.2) is 35.1 Å². The molecule has 22 heavy (non-hydrogen) atoms. The first kappa shape index (κ1) is 18.3. The van der Waals surface area contributed by atoms with Gasteiger partial charge in [-0.1, -0.05) is 11.6 Å². The highest BCUT2D eigenvalue weighted by atomic mass is 35.5. The monoisotopic (exact) mass is 348 g/mol. The van der Waals surface area contributed by atoms with Crippen molar-refractivity contribution in [3.05, 3.63) is 35.2 Å². The molecule has 122 valence electrons. The standard InChI is InChI=1S/C13H17ClN2O5S/c1-3-20-12(8-13(17)21-4-2)16-11-6-5-9(7-10(11)14)22(15,18)19/h5-8,16H,3-4H2,1-2H3,(H2,15,18,19)/b12-8+. The number of sulfonamides is 1. The molecule has 1 rings (SSSR count). The average Bonchev–Trinajstić information content (AvgIpc) is 2.40. The van der Waals surface area contributed by atoms with Crippen LogP contribution in [-0.2, 0) is 24.3 Å². The van der Waals surface area contributed by atoms with Gasteiger partial charge in [0.25, 0.3) is 0 Å². The fraction of sp³-hybridized carbons (Fsp3) is 0.308. The molecule has 0 bridgehead atoms. The van der Waals surface area contributed by atoms with E-state index in [1.165, 1.54) is 18.2 Å². The smallest absolute Gasteiger partial charge is 0.336 e. The lowest BCUT2D eigenvalue weighted by Crippen LogP contribution is -2.13. The van der Waals surface area contributed by atoms with Crippen LogP contribution in [-0.4, -0.2) is 27.6 Å². The van der Waals surface area contributed by atoms with Crippen molar-refractivity contribution >= 4 is 33.3 Å². The van der Waals surface area contributed by atoms with Crippen LogP contribution in [0.5, 0.6) is 0 Å². The van der Waals surface area contributed by atoms with Crippen LogP contribution in [0.1, 0.15) is 13.8 Å². The zero-order valence-electron chi connectivity index (χ0n) is 12.1. The molecule has 9 heteroatoms. The number of anilines is 1. The van der Waals surface area contributed by atoms with Gasteiger partial charge in [-0.2, -0.15) is 0 Å². The van der Waals surface area contributed by atoms with Gasteiger partial charge in [-0.25, -0.2) is 18.4 Å². The fourth-order valence-electron chi connectivity index (χ4n) is 1.47. The van der Waals surface area contributed by atoms with Crippen molar-refractivity contribution in [2.75, 3.05) is 18.5 Å². The molecule has 0 aliphatic heterocycles. The number of halogens is 1. The summed E-state index contributed by atoms with van der Waals surface area (Å²) >= 11 is 6.00. The summed E-state index contributed by atoms with van der Waals surface area (Å²) in [6.45, 7) is 3.97. The molecular formula is C13H17ClN2O5S. The Morgan fingerprint density at radius 3 is 2.45 bits per heavy atom. The highest BCUT2D eigenvalue weighted by Crippen LogP contribution is 2.26. The Morgan fingerprint density at radius 1 is 1.32 bits per heavy atom. The number of carbonyl (C=O) groups excluding carboxylic acids is 1. The van der Waals surface area contributed by atoms with E-state index in [2.05, 4.69) is 5.32 Å². The summed E-state index contributed by atoms with van der Waals surface area (Å²) in [6.07, 6.45) is 1.14. The van der Waals surface area contributed by atoms with E-state index in [0.29, 0.717) is 12.3 Å². The molecule has 0 unspecified atom stereocenters. The largest absolute Gasteiger partial charge is 0.479 e. The average molecular weight is 349 g/mol. The third-order valence-corrected chi connectivity index (χ3v) is 3.59. The molecule has 7 nitrogen and oxygen atoms in total. The number of hydrogen-bond acceptors (Lipinski definition) is 6. The van der Waals surface area contributed by atoms with Gasteiger partial charge in [0.05, 0.1) is 34.9 Å². The van der Waals surface area contributed by atoms with Gasteiger partial charge in [-0.05, 0) is 32.0 Å². The van der Waals surface area contributed by atoms with E-state index in [1.807, 2.05) is 0 Å². The zero-order valence-corrected chi connectivity index (χ0v) is 13.7. The fourth-order valence-corrected chi connectivity index (χ4v) is 2.30. The van der Waals surface area contributed by atoms with Gasteiger partial charge < -0.3 is 14.8 Å². The van der Waals surface area contributed by atoms with Crippen LogP contribution < -0.4 is 10.5 Å². The van der Waals surface area contributed by atoms with Crippen molar-refractivity contribution < 1.29 is 22.7 Å². The molecule has 0 heterocycles. The second kappa shape index (κ2) is 8.02. The molecule has 0 amide bonds. The van der Waals surface area contributed by atoms with Crippen LogP contribution >= 0.6 is 11.6 Å². The van der Waals surface area contributed by atoms with Crippen LogP contribution in [0.2, 0.25) is 5.02 Å². The highest BCUT2D eigenvalue weighted by molar-refractivity contribution is 7.89. The molecule has 0 aliphatic rings. The number of nitrogens with one attached hydrogen (secondary N) is 1. The molecule has 3 N–H and O–H groups in total. The number of ether oxygens (including phenoxy) is 2. The lowest BCUT2D eigenvalue weighted by atomic mass is 10.3. The van der Waals surface area contributed by atoms with Gasteiger partial charge in [0, 0.05) is 0 Å². The summed E-state index contributed by atoms with van der Waals surface area (Å²) < 4.78 is 32.5. The SMILES string of the molecule is CCOC(=O)/C=C(\Nc1ccc(S(N)(=O)=O)cc1Cl)OCC. The Bertz CT molecular complexity index is 673. The van der Waals surface area contributed by atoms with E-state index in [0.717, 1.165) is 6.08 Å². The predicted molar refractivity (Wildman–Crippen MR) is 82.8 cm³/mol. The number of nitrogens with two attached hydrogens (primary N) is 1. The Morgan fingerprint density at radius 2 is 1.95 bits per heavy atom. The van der Waals surface area contributed by atoms with E-state index in [1.54, 1.807) is 13.8 Å². The molecule has 1 aromatic rings. The van der Waals surface area contributed by atoms with Gasteiger partial charge in [0.1, 0.15) is 0 Å². The minimum Gasteiger partial charge on any atom is -0.479 e. The maximum absolute atomic E-state index is 11.4. The third kappa shape index (κ3) is 5.55. The quantitative estimate of drug-likeness (QED) is 0.442. The Balaban J connectivity index is 3.02. The van der Waals surface area contributed by atoms with Gasteiger partial charge in [-0.15, -0.1) is 0 Å². The maximum atomic E-state index is 11.4. The number of primary sulfonamides is 1. The first-order chi connectivity index (χ1) is 10.3. The molecule has 0 aromatic heterocycles. The predicted octanol–water partition coefficient (Wildman–Crippen LogP) is 1.84. The van der Waals surface area contributed by atoms with E-state index >= 15 is 0 Å². The van der Waals surface area contributed by atoms with Crippen LogP contribution in [0, 0.1) is 0 Å². The minimum atomic E-state index is -3.84. The van der Waals surface area contributed by atoms with Crippen molar-refractivity contribution in [3.63, 3.8) is 0 Å². The van der Waals surface area contributed by atoms with Crippen molar-refractivity contribution in [2.45, 2.75) is 18.7 Å². The Kier molecular flexibility index (Phi) is 6.66. The summed E-state index contributed by atoms with van der Waals surface area (Å²) in [5, 5.41) is 7.92. The van der Waals surface area contributed by atoms with Crippen LogP contribution in [0.4, 0.5) is 5.69 Å². The number of rotatable bonds is 7. The molecule has 0 aliphatic carbocycles. The van der Waals surface area contributed by atoms with Crippen molar-refractivity contribution in [3.8, 4) is 0 Å². The zero-order chi connectivity index (χ0) is 16.8. The molecule has 0 radical (unpaired) electrons. The summed E-state index contributed by atoms with van der Waals surface area (Å²) in [5.41, 5.74) is 0.359. The van der Waals surface area contributed by atoms with Gasteiger partial charge >= 0.3 is 5.97 Å². The second-order valence-corrected chi connectivity index (χ2v) is 5.97. The number of carbonyl (C=O) groups is 1. The maximum Gasteiger partial charge on any atom is 0.336 e. The van der Waals surface area contributed by atoms with Crippen molar-refractivity contribution in [2.24, 2.45) is 5.14 Å². The minimum absolute atomic E-state index is 0.112. The number of hydrogen-bond donors (Lipinski definition) is 2. The number of esters is 1. The van der Waals surface area contributed by atoms with Crippen LogP contribution in [0.25, 0.3) is 0 Å². The summed E-state index contributed by atoms with van der Waals surface area (Å²) in [6, 6.07) is 3.91. The summed E-state index contributed by atoms with van der Waals surface area (Å²) in [4.78, 5) is 11.3. The molecule has 1 aromatic carbocycles. The summed E-state index contributed by atoms with van der Waals surface area (Å²) in [5.74, 6) is -0.443. The van der Waals surface area contributed by atoms with Gasteiger partial charge in [0.2, 0.25) is 10.0 Å².